The van der Waals surface area contributed by atoms with Crippen LogP contribution in [0.4, 0.5) is 4.79 Å². The summed E-state index contributed by atoms with van der Waals surface area (Å²) in [6, 6.07) is 0. The largest absolute Gasteiger partial charge is 0.444 e. The fraction of sp³-hybridized carbons (Fsp3) is 0.933. The van der Waals surface area contributed by atoms with Gasteiger partial charge in [0.25, 0.3) is 0 Å². The van der Waals surface area contributed by atoms with Crippen molar-refractivity contribution in [3.8, 4) is 0 Å². The predicted molar refractivity (Wildman–Crippen MR) is 76.7 cm³/mol. The summed E-state index contributed by atoms with van der Waals surface area (Å²) in [4.78, 5) is 13.6. The third kappa shape index (κ3) is 6.87. The molecule has 0 aromatic carbocycles. The Labute approximate surface area is 113 Å². The Bertz CT molecular complexity index is 243. The summed E-state index contributed by atoms with van der Waals surface area (Å²) < 4.78 is 5.36. The summed E-state index contributed by atoms with van der Waals surface area (Å²) in [5, 5.41) is 0. The fourth-order valence-electron chi connectivity index (χ4n) is 2.18. The first kappa shape index (κ1) is 17.3. The highest BCUT2D eigenvalue weighted by Crippen LogP contribution is 2.24. The fourth-order valence-corrected chi connectivity index (χ4v) is 2.18. The number of amides is 1. The summed E-state index contributed by atoms with van der Waals surface area (Å²) in [5.74, 6) is 1.37. The Balaban J connectivity index is 0.00000137. The van der Waals surface area contributed by atoms with Crippen molar-refractivity contribution in [1.82, 2.24) is 4.90 Å². The van der Waals surface area contributed by atoms with E-state index in [0.29, 0.717) is 11.8 Å². The van der Waals surface area contributed by atoms with Gasteiger partial charge in [0.15, 0.2) is 0 Å². The van der Waals surface area contributed by atoms with Gasteiger partial charge in [-0.05, 0) is 45.4 Å². The molecule has 0 saturated carbocycles. The van der Waals surface area contributed by atoms with E-state index in [9.17, 15) is 4.79 Å². The molecule has 0 aromatic rings. The van der Waals surface area contributed by atoms with Crippen LogP contribution in [0.3, 0.4) is 0 Å². The van der Waals surface area contributed by atoms with Crippen LogP contribution in [0.5, 0.6) is 0 Å². The van der Waals surface area contributed by atoms with Crippen LogP contribution < -0.4 is 0 Å². The quantitative estimate of drug-likeness (QED) is 0.737. The molecule has 108 valence electrons. The topological polar surface area (TPSA) is 29.5 Å². The molecule has 1 atom stereocenters. The third-order valence-corrected chi connectivity index (χ3v) is 2.74. The minimum absolute atomic E-state index is 0.154. The van der Waals surface area contributed by atoms with Crippen LogP contribution in [-0.4, -0.2) is 29.7 Å². The lowest BCUT2D eigenvalue weighted by Gasteiger charge is -2.24. The van der Waals surface area contributed by atoms with Gasteiger partial charge in [-0.3, -0.25) is 0 Å². The predicted octanol–water partition coefficient (Wildman–Crippen LogP) is 4.32. The maximum atomic E-state index is 11.8. The zero-order valence-electron chi connectivity index (χ0n) is 13.2. The first-order valence-corrected chi connectivity index (χ1v) is 7.26. The molecule has 0 N–H and O–H groups in total. The maximum absolute atomic E-state index is 11.8. The van der Waals surface area contributed by atoms with Crippen molar-refractivity contribution in [3.05, 3.63) is 0 Å². The van der Waals surface area contributed by atoms with E-state index in [-0.39, 0.29) is 11.7 Å². The number of carbonyl (C=O) groups excluding carboxylic acids is 1. The summed E-state index contributed by atoms with van der Waals surface area (Å²) in [6.45, 7) is 15.9. The van der Waals surface area contributed by atoms with Gasteiger partial charge in [-0.1, -0.05) is 27.7 Å². The highest BCUT2D eigenvalue weighted by atomic mass is 16.6. The van der Waals surface area contributed by atoms with E-state index in [1.54, 1.807) is 0 Å². The average molecular weight is 257 g/mol. The first-order chi connectivity index (χ1) is 8.28. The smallest absolute Gasteiger partial charge is 0.410 e. The number of ether oxygens (including phenoxy) is 1. The minimum Gasteiger partial charge on any atom is -0.444 e. The second-order valence-electron chi connectivity index (χ2n) is 6.21. The number of likely N-dealkylation sites (tertiary alicyclic amines) is 1. The molecule has 3 heteroatoms. The van der Waals surface area contributed by atoms with Crippen LogP contribution in [0.1, 0.15) is 61.3 Å². The lowest BCUT2D eigenvalue weighted by atomic mass is 9.97. The molecule has 0 aliphatic carbocycles. The molecule has 0 radical (unpaired) electrons. The lowest BCUT2D eigenvalue weighted by molar-refractivity contribution is 0.0286. The van der Waals surface area contributed by atoms with Crippen LogP contribution in [0, 0.1) is 11.8 Å². The van der Waals surface area contributed by atoms with Crippen molar-refractivity contribution in [2.75, 3.05) is 13.1 Å². The molecule has 1 aliphatic rings. The van der Waals surface area contributed by atoms with E-state index in [1.807, 2.05) is 39.5 Å². The van der Waals surface area contributed by atoms with Crippen molar-refractivity contribution >= 4 is 6.09 Å². The van der Waals surface area contributed by atoms with E-state index < -0.39 is 0 Å². The van der Waals surface area contributed by atoms with Crippen LogP contribution in [0.15, 0.2) is 0 Å². The minimum atomic E-state index is -0.382. The van der Waals surface area contributed by atoms with E-state index in [0.717, 1.165) is 19.5 Å². The summed E-state index contributed by atoms with van der Waals surface area (Å²) in [5.41, 5.74) is -0.382. The Hall–Kier alpha value is -0.730. The van der Waals surface area contributed by atoms with Crippen LogP contribution in [0.2, 0.25) is 0 Å². The maximum Gasteiger partial charge on any atom is 0.410 e. The van der Waals surface area contributed by atoms with Gasteiger partial charge in [-0.25, -0.2) is 4.79 Å². The summed E-state index contributed by atoms with van der Waals surface area (Å²) in [6.07, 6.45) is 2.18. The molecule has 1 amide bonds. The van der Waals surface area contributed by atoms with Gasteiger partial charge in [0.05, 0.1) is 0 Å². The normalized spacial score (nSPS) is 19.6. The Morgan fingerprint density at radius 1 is 1.33 bits per heavy atom. The van der Waals surface area contributed by atoms with Gasteiger partial charge in [0.2, 0.25) is 0 Å². The van der Waals surface area contributed by atoms with Crippen molar-refractivity contribution in [2.24, 2.45) is 11.8 Å². The Morgan fingerprint density at radius 2 is 1.89 bits per heavy atom. The van der Waals surface area contributed by atoms with Crippen molar-refractivity contribution in [3.63, 3.8) is 0 Å². The number of nitrogens with zero attached hydrogens (tertiary/aromatic N) is 1. The monoisotopic (exact) mass is 257 g/mol. The van der Waals surface area contributed by atoms with E-state index in [2.05, 4.69) is 13.8 Å². The molecule has 1 heterocycles. The van der Waals surface area contributed by atoms with Gasteiger partial charge in [0.1, 0.15) is 5.60 Å². The molecule has 3 nitrogen and oxygen atoms in total. The second kappa shape index (κ2) is 7.65. The van der Waals surface area contributed by atoms with Crippen molar-refractivity contribution in [1.29, 1.82) is 0 Å². The number of hydrogen-bond acceptors (Lipinski definition) is 2. The molecular formula is C15H31NO2. The van der Waals surface area contributed by atoms with Crippen molar-refractivity contribution < 1.29 is 9.53 Å². The summed E-state index contributed by atoms with van der Waals surface area (Å²) in [7, 11) is 0. The van der Waals surface area contributed by atoms with E-state index >= 15 is 0 Å². The molecule has 1 saturated heterocycles. The van der Waals surface area contributed by atoms with Crippen LogP contribution in [-0.2, 0) is 4.74 Å². The number of hydrogen-bond donors (Lipinski definition) is 0. The number of carbonyl (C=O) groups is 1. The van der Waals surface area contributed by atoms with Crippen LogP contribution in [0.25, 0.3) is 0 Å². The molecule has 1 aliphatic heterocycles. The van der Waals surface area contributed by atoms with E-state index in [1.165, 1.54) is 6.42 Å². The van der Waals surface area contributed by atoms with Crippen molar-refractivity contribution in [2.45, 2.75) is 66.9 Å². The zero-order chi connectivity index (χ0) is 14.3. The molecule has 1 unspecified atom stereocenters. The zero-order valence-corrected chi connectivity index (χ0v) is 13.2. The molecule has 0 aromatic heterocycles. The molecule has 0 spiro atoms. The Morgan fingerprint density at radius 3 is 2.33 bits per heavy atom. The average Bonchev–Trinajstić information content (AvgIpc) is 2.66. The number of rotatable bonds is 2. The molecule has 1 fully saturated rings. The highest BCUT2D eigenvalue weighted by Gasteiger charge is 2.29. The molecule has 18 heavy (non-hydrogen) atoms. The first-order valence-electron chi connectivity index (χ1n) is 7.26. The standard InChI is InChI=1S/C13H25NO2.C2H6/c1-10(2)8-11-6-7-14(9-11)12(15)16-13(3,4)5;1-2/h10-11H,6-9H2,1-5H3;1-2H3. The van der Waals surface area contributed by atoms with E-state index in [4.69, 9.17) is 4.74 Å². The van der Waals surface area contributed by atoms with Gasteiger partial charge in [-0.2, -0.15) is 0 Å². The van der Waals surface area contributed by atoms with Gasteiger partial charge in [0, 0.05) is 13.1 Å². The van der Waals surface area contributed by atoms with Gasteiger partial charge < -0.3 is 9.64 Å². The lowest BCUT2D eigenvalue weighted by Crippen LogP contribution is -2.35. The molecule has 1 rings (SSSR count). The van der Waals surface area contributed by atoms with Crippen LogP contribution >= 0.6 is 0 Å². The van der Waals surface area contributed by atoms with Gasteiger partial charge >= 0.3 is 6.09 Å². The summed E-state index contributed by atoms with van der Waals surface area (Å²) >= 11 is 0. The van der Waals surface area contributed by atoms with Gasteiger partial charge in [-0.15, -0.1) is 0 Å². The second-order valence-corrected chi connectivity index (χ2v) is 6.21. The highest BCUT2D eigenvalue weighted by molar-refractivity contribution is 5.68. The Kier molecular flexibility index (Phi) is 7.34. The third-order valence-electron chi connectivity index (χ3n) is 2.74. The molecular weight excluding hydrogens is 226 g/mol. The SMILES string of the molecule is CC.CC(C)CC1CCN(C(=O)OC(C)(C)C)C1. The molecule has 0 bridgehead atoms.